The highest BCUT2D eigenvalue weighted by atomic mass is 16.5. The lowest BCUT2D eigenvalue weighted by atomic mass is 10.3. The molecule has 0 heterocycles. The Bertz CT molecular complexity index is 174. The first-order chi connectivity index (χ1) is 7.95. The Labute approximate surface area is 104 Å². The van der Waals surface area contributed by atoms with E-state index >= 15 is 0 Å². The third-order valence-corrected chi connectivity index (χ3v) is 2.07. The van der Waals surface area contributed by atoms with Gasteiger partial charge in [0.15, 0.2) is 0 Å². The Morgan fingerprint density at radius 2 is 1.35 bits per heavy atom. The van der Waals surface area contributed by atoms with Crippen LogP contribution >= 0.6 is 0 Å². The topological polar surface area (TPSA) is 68.2 Å². The van der Waals surface area contributed by atoms with Crippen molar-refractivity contribution in [2.45, 2.75) is 52.1 Å². The quantitative estimate of drug-likeness (QED) is 0.593. The molecule has 3 unspecified atom stereocenters. The second kappa shape index (κ2) is 9.79. The maximum absolute atomic E-state index is 9.54. The van der Waals surface area contributed by atoms with E-state index in [1.54, 1.807) is 6.92 Å². The minimum Gasteiger partial charge on any atom is -0.394 e. The monoisotopic (exact) mass is 250 g/mol. The fraction of sp³-hybridized carbons (Fsp3) is 1.00. The van der Waals surface area contributed by atoms with E-state index in [0.29, 0.717) is 6.61 Å². The molecule has 0 saturated heterocycles. The third kappa shape index (κ3) is 10.7. The average Bonchev–Trinajstić information content (AvgIpc) is 2.30. The summed E-state index contributed by atoms with van der Waals surface area (Å²) in [5.74, 6) is 0. The van der Waals surface area contributed by atoms with Crippen molar-refractivity contribution < 1.29 is 24.4 Å². The number of hydrogen-bond donors (Lipinski definition) is 2. The molecule has 0 aromatic rings. The Hall–Kier alpha value is -0.200. The van der Waals surface area contributed by atoms with Gasteiger partial charge in [0.05, 0.1) is 44.7 Å². The fourth-order valence-electron chi connectivity index (χ4n) is 1.03. The van der Waals surface area contributed by atoms with Crippen molar-refractivity contribution in [1.29, 1.82) is 0 Å². The van der Waals surface area contributed by atoms with E-state index < -0.39 is 6.10 Å². The van der Waals surface area contributed by atoms with Gasteiger partial charge >= 0.3 is 0 Å². The molecule has 0 aliphatic heterocycles. The van der Waals surface area contributed by atoms with Gasteiger partial charge in [0.1, 0.15) is 6.10 Å². The zero-order valence-corrected chi connectivity index (χ0v) is 11.3. The molecule has 3 atom stereocenters. The molecule has 0 rings (SSSR count). The summed E-state index contributed by atoms with van der Waals surface area (Å²) in [7, 11) is 0. The number of ether oxygens (including phenoxy) is 3. The van der Waals surface area contributed by atoms with Crippen molar-refractivity contribution in [1.82, 2.24) is 0 Å². The van der Waals surface area contributed by atoms with Gasteiger partial charge in [-0.05, 0) is 27.7 Å². The van der Waals surface area contributed by atoms with E-state index in [2.05, 4.69) is 0 Å². The van der Waals surface area contributed by atoms with Crippen LogP contribution in [0.3, 0.4) is 0 Å². The maximum Gasteiger partial charge on any atom is 0.101 e. The first-order valence-electron chi connectivity index (χ1n) is 6.09. The van der Waals surface area contributed by atoms with Crippen LogP contribution in [0, 0.1) is 0 Å². The van der Waals surface area contributed by atoms with E-state index in [4.69, 9.17) is 19.3 Å². The molecule has 2 N–H and O–H groups in total. The molecule has 5 heteroatoms. The van der Waals surface area contributed by atoms with Crippen LogP contribution in [0.5, 0.6) is 0 Å². The van der Waals surface area contributed by atoms with E-state index in [1.807, 2.05) is 20.8 Å². The van der Waals surface area contributed by atoms with Crippen LogP contribution in [0.4, 0.5) is 0 Å². The van der Waals surface area contributed by atoms with Crippen LogP contribution < -0.4 is 0 Å². The number of hydrogen-bond acceptors (Lipinski definition) is 5. The minimum atomic E-state index is -0.616. The van der Waals surface area contributed by atoms with Crippen molar-refractivity contribution in [3.63, 3.8) is 0 Å². The van der Waals surface area contributed by atoms with Gasteiger partial charge in [0, 0.05) is 0 Å². The normalized spacial score (nSPS) is 17.1. The molecule has 0 radical (unpaired) electrons. The van der Waals surface area contributed by atoms with Crippen molar-refractivity contribution >= 4 is 0 Å². The average molecular weight is 250 g/mol. The molecular formula is C12H26O5. The number of aliphatic hydroxyl groups is 2. The molecule has 0 amide bonds. The van der Waals surface area contributed by atoms with Gasteiger partial charge in [0.25, 0.3) is 0 Å². The van der Waals surface area contributed by atoms with Crippen LogP contribution in [0.2, 0.25) is 0 Å². The molecule has 0 aromatic heterocycles. The van der Waals surface area contributed by atoms with Gasteiger partial charge in [-0.25, -0.2) is 0 Å². The van der Waals surface area contributed by atoms with Gasteiger partial charge in [0.2, 0.25) is 0 Å². The van der Waals surface area contributed by atoms with Crippen LogP contribution in [0.1, 0.15) is 27.7 Å². The summed E-state index contributed by atoms with van der Waals surface area (Å²) in [6, 6.07) is 0. The molecule has 0 aromatic carbocycles. The highest BCUT2D eigenvalue weighted by Crippen LogP contribution is 1.99. The molecular weight excluding hydrogens is 224 g/mol. The zero-order valence-electron chi connectivity index (χ0n) is 11.3. The zero-order chi connectivity index (χ0) is 13.3. The van der Waals surface area contributed by atoms with Crippen molar-refractivity contribution in [3.8, 4) is 0 Å². The Morgan fingerprint density at radius 3 is 1.88 bits per heavy atom. The summed E-state index contributed by atoms with van der Waals surface area (Å²) in [5.41, 5.74) is 0. The van der Waals surface area contributed by atoms with E-state index in [0.717, 1.165) is 0 Å². The first kappa shape index (κ1) is 16.8. The van der Waals surface area contributed by atoms with Gasteiger partial charge in [-0.2, -0.15) is 0 Å². The molecule has 5 nitrogen and oxygen atoms in total. The third-order valence-electron chi connectivity index (χ3n) is 2.07. The van der Waals surface area contributed by atoms with E-state index in [1.165, 1.54) is 0 Å². The fourth-order valence-corrected chi connectivity index (χ4v) is 1.03. The van der Waals surface area contributed by atoms with Gasteiger partial charge in [-0.3, -0.25) is 0 Å². The predicted molar refractivity (Wildman–Crippen MR) is 65.0 cm³/mol. The van der Waals surface area contributed by atoms with Crippen molar-refractivity contribution in [2.75, 3.05) is 26.4 Å². The summed E-state index contributed by atoms with van der Waals surface area (Å²) >= 11 is 0. The van der Waals surface area contributed by atoms with Crippen molar-refractivity contribution in [3.05, 3.63) is 0 Å². The lowest BCUT2D eigenvalue weighted by molar-refractivity contribution is -0.0822. The van der Waals surface area contributed by atoms with Crippen molar-refractivity contribution in [2.24, 2.45) is 0 Å². The van der Waals surface area contributed by atoms with Crippen LogP contribution in [-0.4, -0.2) is 61.1 Å². The largest absolute Gasteiger partial charge is 0.394 e. The summed E-state index contributed by atoms with van der Waals surface area (Å²) < 4.78 is 15.9. The summed E-state index contributed by atoms with van der Waals surface area (Å²) in [5, 5.41) is 18.3. The van der Waals surface area contributed by atoms with Gasteiger partial charge in [-0.15, -0.1) is 0 Å². The molecule has 104 valence electrons. The maximum atomic E-state index is 9.54. The number of aliphatic hydroxyl groups excluding tert-OH is 2. The van der Waals surface area contributed by atoms with Crippen LogP contribution in [-0.2, 0) is 14.2 Å². The summed E-state index contributed by atoms with van der Waals surface area (Å²) in [6.45, 7) is 8.39. The molecule has 0 spiro atoms. The van der Waals surface area contributed by atoms with E-state index in [9.17, 15) is 5.11 Å². The first-order valence-corrected chi connectivity index (χ1v) is 6.09. The lowest BCUT2D eigenvalue weighted by Crippen LogP contribution is -2.28. The summed E-state index contributed by atoms with van der Waals surface area (Å²) in [6.07, 6.45) is -0.807. The predicted octanol–water partition coefficient (Wildman–Crippen LogP) is 0.575. The SMILES string of the molecule is CC(C)OCC(O)COC(C)COC(C)CO. The highest BCUT2D eigenvalue weighted by molar-refractivity contribution is 4.56. The molecule has 17 heavy (non-hydrogen) atoms. The number of rotatable bonds is 10. The van der Waals surface area contributed by atoms with Gasteiger partial charge < -0.3 is 24.4 Å². The van der Waals surface area contributed by atoms with Crippen LogP contribution in [0.25, 0.3) is 0 Å². The second-order valence-electron chi connectivity index (χ2n) is 4.51. The smallest absolute Gasteiger partial charge is 0.101 e. The highest BCUT2D eigenvalue weighted by Gasteiger charge is 2.10. The second-order valence-corrected chi connectivity index (χ2v) is 4.51. The van der Waals surface area contributed by atoms with Crippen LogP contribution in [0.15, 0.2) is 0 Å². The molecule has 0 aliphatic carbocycles. The molecule has 0 fully saturated rings. The van der Waals surface area contributed by atoms with E-state index in [-0.39, 0.29) is 38.1 Å². The Kier molecular flexibility index (Phi) is 9.68. The molecule has 0 aliphatic rings. The molecule has 0 saturated carbocycles. The molecule has 0 bridgehead atoms. The Morgan fingerprint density at radius 1 is 0.824 bits per heavy atom. The summed E-state index contributed by atoms with van der Waals surface area (Å²) in [4.78, 5) is 0. The lowest BCUT2D eigenvalue weighted by Gasteiger charge is -2.19. The Balaban J connectivity index is 3.51. The standard InChI is InChI=1S/C12H26O5/c1-9(2)15-7-12(14)8-17-11(4)6-16-10(3)5-13/h9-14H,5-8H2,1-4H3. The minimum absolute atomic E-state index is 0.00241. The van der Waals surface area contributed by atoms with Gasteiger partial charge in [-0.1, -0.05) is 0 Å².